The molecule has 7 heteroatoms. The quantitative estimate of drug-likeness (QED) is 0.805. The molecule has 0 aliphatic carbocycles. The van der Waals surface area contributed by atoms with Gasteiger partial charge in [0, 0.05) is 18.5 Å². The van der Waals surface area contributed by atoms with Gasteiger partial charge in [0.2, 0.25) is 21.7 Å². The first-order valence-corrected chi connectivity index (χ1v) is 9.02. The van der Waals surface area contributed by atoms with Crippen molar-refractivity contribution in [1.29, 1.82) is 0 Å². The molecule has 0 radical (unpaired) electrons. The first-order chi connectivity index (χ1) is 10.5. The second kappa shape index (κ2) is 7.51. The third-order valence-electron chi connectivity index (χ3n) is 3.21. The number of hydrogen-bond donors (Lipinski definition) is 1. The van der Waals surface area contributed by atoms with Crippen LogP contribution in [0.2, 0.25) is 0 Å². The molecule has 2 aromatic rings. The van der Waals surface area contributed by atoms with E-state index in [9.17, 15) is 8.42 Å². The van der Waals surface area contributed by atoms with E-state index in [-0.39, 0.29) is 12.3 Å². The predicted octanol–water partition coefficient (Wildman–Crippen LogP) is 2.31. The molecule has 1 aromatic carbocycles. The fourth-order valence-corrected chi connectivity index (χ4v) is 3.12. The topological polar surface area (TPSA) is 85.1 Å². The molecular formula is C15H21N3O3S. The largest absolute Gasteiger partial charge is 0.339 e. The van der Waals surface area contributed by atoms with Crippen LogP contribution in [0.5, 0.6) is 0 Å². The molecule has 1 N–H and O–H groups in total. The van der Waals surface area contributed by atoms with E-state index in [0.29, 0.717) is 24.6 Å². The summed E-state index contributed by atoms with van der Waals surface area (Å²) in [5.74, 6) is 1.10. The van der Waals surface area contributed by atoms with E-state index < -0.39 is 10.0 Å². The number of aryl methyl sites for hydroxylation is 1. The third-order valence-corrected chi connectivity index (χ3v) is 4.68. The van der Waals surface area contributed by atoms with Gasteiger partial charge < -0.3 is 4.52 Å². The Hall–Kier alpha value is -1.73. The van der Waals surface area contributed by atoms with Crippen LogP contribution in [0.15, 0.2) is 28.8 Å². The Labute approximate surface area is 131 Å². The van der Waals surface area contributed by atoms with Gasteiger partial charge in [-0.25, -0.2) is 13.1 Å². The zero-order chi connectivity index (χ0) is 16.0. The minimum Gasteiger partial charge on any atom is -0.339 e. The smallest absolute Gasteiger partial charge is 0.228 e. The lowest BCUT2D eigenvalue weighted by atomic mass is 10.1. The molecule has 22 heavy (non-hydrogen) atoms. The Morgan fingerprint density at radius 1 is 1.23 bits per heavy atom. The highest BCUT2D eigenvalue weighted by Gasteiger charge is 2.11. The SMILES string of the molecule is CCCCS(=O)(=O)NCCc1nc(-c2ccc(C)cc2)no1. The molecule has 0 fully saturated rings. The van der Waals surface area contributed by atoms with Gasteiger partial charge in [-0.05, 0) is 13.3 Å². The summed E-state index contributed by atoms with van der Waals surface area (Å²) in [6.45, 7) is 4.23. The average molecular weight is 323 g/mol. The van der Waals surface area contributed by atoms with Gasteiger partial charge in [0.1, 0.15) is 0 Å². The van der Waals surface area contributed by atoms with Gasteiger partial charge in [-0.15, -0.1) is 0 Å². The highest BCUT2D eigenvalue weighted by atomic mass is 32.2. The van der Waals surface area contributed by atoms with Gasteiger partial charge in [0.25, 0.3) is 0 Å². The van der Waals surface area contributed by atoms with Crippen LogP contribution in [0, 0.1) is 6.92 Å². The molecule has 2 rings (SSSR count). The Balaban J connectivity index is 1.89. The maximum atomic E-state index is 11.7. The fraction of sp³-hybridized carbons (Fsp3) is 0.467. The van der Waals surface area contributed by atoms with Gasteiger partial charge in [-0.3, -0.25) is 0 Å². The highest BCUT2D eigenvalue weighted by Crippen LogP contribution is 2.16. The molecule has 1 aromatic heterocycles. The molecule has 0 saturated carbocycles. The number of unbranched alkanes of at least 4 members (excludes halogenated alkanes) is 1. The van der Waals surface area contributed by atoms with E-state index in [1.54, 1.807) is 0 Å². The summed E-state index contributed by atoms with van der Waals surface area (Å²) in [4.78, 5) is 4.28. The van der Waals surface area contributed by atoms with Crippen molar-refractivity contribution in [2.45, 2.75) is 33.1 Å². The summed E-state index contributed by atoms with van der Waals surface area (Å²) in [6, 6.07) is 7.81. The highest BCUT2D eigenvalue weighted by molar-refractivity contribution is 7.89. The van der Waals surface area contributed by atoms with E-state index in [4.69, 9.17) is 4.52 Å². The number of aromatic nitrogens is 2. The van der Waals surface area contributed by atoms with Crippen molar-refractivity contribution >= 4 is 10.0 Å². The molecule has 0 aliphatic heterocycles. The molecule has 1 heterocycles. The average Bonchev–Trinajstić information content (AvgIpc) is 2.94. The van der Waals surface area contributed by atoms with Crippen LogP contribution in [0.4, 0.5) is 0 Å². The minimum absolute atomic E-state index is 0.155. The Bertz CT molecular complexity index is 693. The van der Waals surface area contributed by atoms with Crippen molar-refractivity contribution in [3.05, 3.63) is 35.7 Å². The third kappa shape index (κ3) is 4.92. The molecule has 0 unspecified atom stereocenters. The lowest BCUT2D eigenvalue weighted by molar-refractivity contribution is 0.379. The Morgan fingerprint density at radius 2 is 1.95 bits per heavy atom. The number of benzene rings is 1. The molecule has 120 valence electrons. The number of sulfonamides is 1. The summed E-state index contributed by atoms with van der Waals surface area (Å²) in [5.41, 5.74) is 2.04. The zero-order valence-electron chi connectivity index (χ0n) is 12.9. The van der Waals surface area contributed by atoms with E-state index in [0.717, 1.165) is 17.5 Å². The Morgan fingerprint density at radius 3 is 2.64 bits per heavy atom. The second-order valence-electron chi connectivity index (χ2n) is 5.19. The van der Waals surface area contributed by atoms with Gasteiger partial charge in [-0.2, -0.15) is 4.98 Å². The summed E-state index contributed by atoms with van der Waals surface area (Å²) >= 11 is 0. The van der Waals surface area contributed by atoms with E-state index in [1.807, 2.05) is 38.1 Å². The van der Waals surface area contributed by atoms with Crippen molar-refractivity contribution in [1.82, 2.24) is 14.9 Å². The number of nitrogens with one attached hydrogen (secondary N) is 1. The molecular weight excluding hydrogens is 302 g/mol. The van der Waals surface area contributed by atoms with E-state index in [1.165, 1.54) is 0 Å². The van der Waals surface area contributed by atoms with Crippen LogP contribution >= 0.6 is 0 Å². The number of rotatable bonds is 8. The zero-order valence-corrected chi connectivity index (χ0v) is 13.7. The predicted molar refractivity (Wildman–Crippen MR) is 84.9 cm³/mol. The molecule has 0 atom stereocenters. The summed E-state index contributed by atoms with van der Waals surface area (Å²) in [5, 5.41) is 3.92. The monoisotopic (exact) mass is 323 g/mol. The van der Waals surface area contributed by atoms with Crippen molar-refractivity contribution in [3.63, 3.8) is 0 Å². The van der Waals surface area contributed by atoms with Gasteiger partial charge >= 0.3 is 0 Å². The van der Waals surface area contributed by atoms with Gasteiger partial charge in [0.05, 0.1) is 5.75 Å². The summed E-state index contributed by atoms with van der Waals surface area (Å²) in [7, 11) is -3.20. The molecule has 0 aliphatic rings. The molecule has 0 saturated heterocycles. The van der Waals surface area contributed by atoms with Gasteiger partial charge in [-0.1, -0.05) is 48.3 Å². The maximum absolute atomic E-state index is 11.7. The lowest BCUT2D eigenvalue weighted by Crippen LogP contribution is -2.28. The van der Waals surface area contributed by atoms with E-state index >= 15 is 0 Å². The molecule has 0 amide bonds. The maximum Gasteiger partial charge on any atom is 0.228 e. The summed E-state index contributed by atoms with van der Waals surface area (Å²) < 4.78 is 31.0. The first kappa shape index (κ1) is 16.6. The molecule has 0 bridgehead atoms. The van der Waals surface area contributed by atoms with Crippen molar-refractivity contribution in [3.8, 4) is 11.4 Å². The fourth-order valence-electron chi connectivity index (χ4n) is 1.90. The number of hydrogen-bond acceptors (Lipinski definition) is 5. The minimum atomic E-state index is -3.20. The Kier molecular flexibility index (Phi) is 5.68. The normalized spacial score (nSPS) is 11.7. The molecule has 6 nitrogen and oxygen atoms in total. The van der Waals surface area contributed by atoms with E-state index in [2.05, 4.69) is 14.9 Å². The standard InChI is InChI=1S/C15H21N3O3S/c1-3-4-11-22(19,20)16-10-9-14-17-15(18-21-14)13-7-5-12(2)6-8-13/h5-8,16H,3-4,9-11H2,1-2H3. The van der Waals surface area contributed by atoms with Crippen LogP contribution in [0.3, 0.4) is 0 Å². The molecule has 0 spiro atoms. The van der Waals surface area contributed by atoms with Crippen molar-refractivity contribution < 1.29 is 12.9 Å². The summed E-state index contributed by atoms with van der Waals surface area (Å²) in [6.07, 6.45) is 1.89. The number of nitrogens with zero attached hydrogens (tertiary/aromatic N) is 2. The van der Waals surface area contributed by atoms with Crippen LogP contribution < -0.4 is 4.72 Å². The van der Waals surface area contributed by atoms with Crippen molar-refractivity contribution in [2.24, 2.45) is 0 Å². The van der Waals surface area contributed by atoms with Crippen LogP contribution in [0.1, 0.15) is 31.2 Å². The van der Waals surface area contributed by atoms with Crippen LogP contribution in [-0.4, -0.2) is 30.9 Å². The second-order valence-corrected chi connectivity index (χ2v) is 7.12. The lowest BCUT2D eigenvalue weighted by Gasteiger charge is -2.03. The van der Waals surface area contributed by atoms with Crippen LogP contribution in [-0.2, 0) is 16.4 Å². The first-order valence-electron chi connectivity index (χ1n) is 7.37. The van der Waals surface area contributed by atoms with Crippen LogP contribution in [0.25, 0.3) is 11.4 Å². The van der Waals surface area contributed by atoms with Crippen molar-refractivity contribution in [2.75, 3.05) is 12.3 Å². The van der Waals surface area contributed by atoms with Gasteiger partial charge in [0.15, 0.2) is 0 Å².